The van der Waals surface area contributed by atoms with Crippen LogP contribution < -0.4 is 5.32 Å². The van der Waals surface area contributed by atoms with Crippen LogP contribution in [0.2, 0.25) is 5.02 Å². The molecule has 0 spiro atoms. The van der Waals surface area contributed by atoms with Crippen LogP contribution in [0.1, 0.15) is 0 Å². The summed E-state index contributed by atoms with van der Waals surface area (Å²) in [6, 6.07) is 7.41. The molecule has 1 radical (unpaired) electrons. The van der Waals surface area contributed by atoms with Crippen molar-refractivity contribution in [2.24, 2.45) is 0 Å². The Morgan fingerprint density at radius 2 is 2.22 bits per heavy atom. The lowest BCUT2D eigenvalue weighted by Gasteiger charge is -1.96. The lowest BCUT2D eigenvalue weighted by molar-refractivity contribution is 1.59. The summed E-state index contributed by atoms with van der Waals surface area (Å²) < 4.78 is 0. The maximum absolute atomic E-state index is 5.66. The average Bonchev–Trinajstić information content (AvgIpc) is 1.88. The van der Waals surface area contributed by atoms with Crippen molar-refractivity contribution in [3.8, 4) is 0 Å². The summed E-state index contributed by atoms with van der Waals surface area (Å²) in [7, 11) is 3.49. The first-order valence-electron chi connectivity index (χ1n) is 2.61. The Labute approximate surface area is 59.6 Å². The molecule has 1 N–H and O–H groups in total. The van der Waals surface area contributed by atoms with Gasteiger partial charge in [0.2, 0.25) is 0 Å². The minimum Gasteiger partial charge on any atom is -0.383 e. The number of nitrogens with one attached hydrogen (secondary N) is 1. The molecule has 1 nitrogen and oxygen atoms in total. The van der Waals surface area contributed by atoms with Crippen LogP contribution in [0.4, 0.5) is 5.69 Å². The monoisotopic (exact) mass is 140 g/mol. The first-order valence-corrected chi connectivity index (χ1v) is 2.99. The van der Waals surface area contributed by atoms with E-state index in [4.69, 9.17) is 11.6 Å². The van der Waals surface area contributed by atoms with E-state index in [1.807, 2.05) is 24.3 Å². The predicted molar refractivity (Wildman–Crippen MR) is 40.4 cm³/mol. The molecule has 47 valence electrons. The van der Waals surface area contributed by atoms with Crippen LogP contribution in [0.15, 0.2) is 24.3 Å². The summed E-state index contributed by atoms with van der Waals surface area (Å²) in [5, 5.41) is 3.46. The lowest BCUT2D eigenvalue weighted by atomic mass is 10.3. The fourth-order valence-corrected chi connectivity index (χ4v) is 0.789. The smallest absolute Gasteiger partial charge is 0.0426 e. The molecule has 1 aromatic rings. The van der Waals surface area contributed by atoms with Gasteiger partial charge < -0.3 is 5.32 Å². The fourth-order valence-electron chi connectivity index (χ4n) is 0.598. The van der Waals surface area contributed by atoms with Crippen LogP contribution in [0.25, 0.3) is 0 Å². The average molecular weight is 141 g/mol. The molecule has 0 bridgehead atoms. The predicted octanol–water partition coefficient (Wildman–Crippen LogP) is 2.54. The highest BCUT2D eigenvalue weighted by atomic mass is 35.5. The summed E-state index contributed by atoms with van der Waals surface area (Å²) in [6.07, 6.45) is 0. The van der Waals surface area contributed by atoms with Gasteiger partial charge in [-0.3, -0.25) is 0 Å². The van der Waals surface area contributed by atoms with Gasteiger partial charge in [0.05, 0.1) is 0 Å². The molecule has 0 saturated heterocycles. The second-order valence-electron chi connectivity index (χ2n) is 1.69. The summed E-state index contributed by atoms with van der Waals surface area (Å²) in [5.41, 5.74) is 0.933. The Bertz CT molecular complexity index is 198. The third kappa shape index (κ3) is 1.61. The number of hydrogen-bond acceptors (Lipinski definition) is 1. The van der Waals surface area contributed by atoms with Crippen molar-refractivity contribution in [3.05, 3.63) is 36.3 Å². The molecule has 1 rings (SSSR count). The molecule has 0 saturated carbocycles. The highest BCUT2D eigenvalue weighted by Gasteiger charge is 1.86. The highest BCUT2D eigenvalue weighted by Crippen LogP contribution is 2.13. The number of benzene rings is 1. The molecule has 2 heteroatoms. The minimum atomic E-state index is 0.726. The van der Waals surface area contributed by atoms with Crippen molar-refractivity contribution in [2.45, 2.75) is 0 Å². The maximum atomic E-state index is 5.66. The van der Waals surface area contributed by atoms with Crippen molar-refractivity contribution >= 4 is 17.3 Å². The molecule has 0 unspecified atom stereocenters. The van der Waals surface area contributed by atoms with Crippen LogP contribution in [0.5, 0.6) is 0 Å². The highest BCUT2D eigenvalue weighted by molar-refractivity contribution is 6.30. The summed E-state index contributed by atoms with van der Waals surface area (Å²) >= 11 is 5.66. The first-order chi connectivity index (χ1) is 4.33. The zero-order valence-electron chi connectivity index (χ0n) is 4.89. The van der Waals surface area contributed by atoms with E-state index in [0.717, 1.165) is 10.7 Å². The third-order valence-electron chi connectivity index (χ3n) is 1.03. The van der Waals surface area contributed by atoms with Gasteiger partial charge in [-0.05, 0) is 18.2 Å². The summed E-state index contributed by atoms with van der Waals surface area (Å²) in [6.45, 7) is 0. The quantitative estimate of drug-likeness (QED) is 0.632. The fraction of sp³-hybridized carbons (Fsp3) is 0. The number of hydrogen-bond donors (Lipinski definition) is 1. The van der Waals surface area contributed by atoms with Gasteiger partial charge in [-0.1, -0.05) is 17.7 Å². The Kier molecular flexibility index (Phi) is 1.96. The largest absolute Gasteiger partial charge is 0.383 e. The zero-order valence-corrected chi connectivity index (χ0v) is 5.65. The van der Waals surface area contributed by atoms with Crippen LogP contribution in [-0.4, -0.2) is 0 Å². The van der Waals surface area contributed by atoms with Gasteiger partial charge in [0, 0.05) is 17.8 Å². The van der Waals surface area contributed by atoms with Crippen LogP contribution in [0.3, 0.4) is 0 Å². The van der Waals surface area contributed by atoms with E-state index >= 15 is 0 Å². The Hall–Kier alpha value is -0.690. The van der Waals surface area contributed by atoms with Crippen LogP contribution >= 0.6 is 11.6 Å². The molecule has 0 fully saturated rings. The molecule has 0 aliphatic heterocycles. The van der Waals surface area contributed by atoms with Crippen LogP contribution in [0, 0.1) is 7.05 Å². The Morgan fingerprint density at radius 3 is 2.67 bits per heavy atom. The van der Waals surface area contributed by atoms with E-state index in [-0.39, 0.29) is 0 Å². The summed E-state index contributed by atoms with van der Waals surface area (Å²) in [4.78, 5) is 0. The second-order valence-corrected chi connectivity index (χ2v) is 2.12. The molecule has 0 aromatic heterocycles. The molecule has 0 aliphatic carbocycles. The van der Waals surface area contributed by atoms with Crippen molar-refractivity contribution in [1.29, 1.82) is 0 Å². The van der Waals surface area contributed by atoms with Crippen molar-refractivity contribution in [3.63, 3.8) is 0 Å². The maximum Gasteiger partial charge on any atom is 0.0426 e. The van der Waals surface area contributed by atoms with Gasteiger partial charge in [-0.2, -0.15) is 0 Å². The van der Waals surface area contributed by atoms with E-state index in [2.05, 4.69) is 12.4 Å². The third-order valence-corrected chi connectivity index (χ3v) is 1.26. The Balaban J connectivity index is 2.94. The molecule has 0 atom stereocenters. The van der Waals surface area contributed by atoms with Gasteiger partial charge in [-0.25, -0.2) is 0 Å². The van der Waals surface area contributed by atoms with E-state index in [1.165, 1.54) is 0 Å². The van der Waals surface area contributed by atoms with E-state index in [1.54, 1.807) is 0 Å². The molecular weight excluding hydrogens is 134 g/mol. The topological polar surface area (TPSA) is 12.0 Å². The van der Waals surface area contributed by atoms with Crippen molar-refractivity contribution in [2.75, 3.05) is 5.32 Å². The van der Waals surface area contributed by atoms with Crippen molar-refractivity contribution < 1.29 is 0 Å². The number of halogens is 1. The van der Waals surface area contributed by atoms with Gasteiger partial charge >= 0.3 is 0 Å². The number of anilines is 1. The standard InChI is InChI=1S/C7H7ClN/c1-9-7-4-2-3-6(8)5-7/h2-5,9H,1H2. The first kappa shape index (κ1) is 6.43. The Morgan fingerprint density at radius 1 is 1.44 bits per heavy atom. The van der Waals surface area contributed by atoms with E-state index in [0.29, 0.717) is 0 Å². The van der Waals surface area contributed by atoms with Gasteiger partial charge in [0.1, 0.15) is 0 Å². The summed E-state index contributed by atoms with van der Waals surface area (Å²) in [5.74, 6) is 0. The van der Waals surface area contributed by atoms with E-state index in [9.17, 15) is 0 Å². The number of rotatable bonds is 1. The minimum absolute atomic E-state index is 0.726. The molecule has 9 heavy (non-hydrogen) atoms. The SMILES string of the molecule is [CH2]Nc1cccc(Cl)c1. The van der Waals surface area contributed by atoms with Gasteiger partial charge in [-0.15, -0.1) is 0 Å². The van der Waals surface area contributed by atoms with Gasteiger partial charge in [0.15, 0.2) is 0 Å². The van der Waals surface area contributed by atoms with E-state index < -0.39 is 0 Å². The second kappa shape index (κ2) is 2.74. The molecular formula is C7H7ClN. The molecule has 0 heterocycles. The van der Waals surface area contributed by atoms with Crippen LogP contribution in [-0.2, 0) is 0 Å². The molecule has 0 aliphatic rings. The zero-order chi connectivity index (χ0) is 6.69. The normalized spacial score (nSPS) is 9.11. The van der Waals surface area contributed by atoms with Crippen molar-refractivity contribution in [1.82, 2.24) is 0 Å². The molecule has 1 aromatic carbocycles. The lowest BCUT2D eigenvalue weighted by Crippen LogP contribution is -1.81. The van der Waals surface area contributed by atoms with Gasteiger partial charge in [0.25, 0.3) is 0 Å². The molecule has 0 amide bonds.